The van der Waals surface area contributed by atoms with Crippen LogP contribution in [0.1, 0.15) is 39.9 Å². The topological polar surface area (TPSA) is 0 Å². The summed E-state index contributed by atoms with van der Waals surface area (Å²) < 4.78 is 2.71. The van der Waals surface area contributed by atoms with Gasteiger partial charge in [-0.2, -0.15) is 0 Å². The van der Waals surface area contributed by atoms with Gasteiger partial charge in [0, 0.05) is 0 Å². The maximum absolute atomic E-state index is 2.49. The molecule has 4 rings (SSSR count). The Bertz CT molecular complexity index is 589. The van der Waals surface area contributed by atoms with Gasteiger partial charge < -0.3 is 9.41 Å². The van der Waals surface area contributed by atoms with Crippen LogP contribution in [-0.4, -0.2) is 0 Å². The van der Waals surface area contributed by atoms with E-state index in [0.29, 0.717) is 0 Å². The normalized spacial score (nSPS) is 27.8. The van der Waals surface area contributed by atoms with Crippen molar-refractivity contribution in [2.75, 3.05) is 0 Å². The molecule has 3 unspecified atom stereocenters. The zero-order valence-electron chi connectivity index (χ0n) is 11.8. The molecule has 1 aromatic rings. The van der Waals surface area contributed by atoms with Crippen LogP contribution in [0.2, 0.25) is 0 Å². The van der Waals surface area contributed by atoms with Crippen molar-refractivity contribution in [3.05, 3.63) is 69.1 Å². The van der Waals surface area contributed by atoms with Gasteiger partial charge in [0.15, 0.2) is 0 Å². The largest absolute Gasteiger partial charge is 1.00 e. The Morgan fingerprint density at radius 1 is 1.00 bits per heavy atom. The minimum atomic E-state index is -0.461. The van der Waals surface area contributed by atoms with Gasteiger partial charge in [0.1, 0.15) is 0 Å². The third-order valence-electron chi connectivity index (χ3n) is 4.70. The van der Waals surface area contributed by atoms with Gasteiger partial charge in [-0.1, -0.05) is 0 Å². The molecule has 3 aliphatic rings. The van der Waals surface area contributed by atoms with E-state index in [1.54, 1.807) is 14.4 Å². The van der Waals surface area contributed by atoms with Gasteiger partial charge >= 0.3 is 127 Å². The van der Waals surface area contributed by atoms with Crippen LogP contribution in [0.15, 0.2) is 57.9 Å². The zero-order valence-corrected chi connectivity index (χ0v) is 14.3. The molecule has 3 atom stereocenters. The Kier molecular flexibility index (Phi) is 5.49. The summed E-state index contributed by atoms with van der Waals surface area (Å²) >= 11 is -0.461. The summed E-state index contributed by atoms with van der Waals surface area (Å²) in [4.78, 5) is 0. The molecule has 0 heterocycles. The summed E-state index contributed by atoms with van der Waals surface area (Å²) in [5.41, 5.74) is 3.34. The van der Waals surface area contributed by atoms with Gasteiger partial charge in [0.05, 0.1) is 0 Å². The number of hydrogen-bond acceptors (Lipinski definition) is 0. The number of fused-ring (bicyclic) bond motifs is 3. The van der Waals surface area contributed by atoms with E-state index in [1.807, 2.05) is 0 Å². The molecule has 0 amide bonds. The maximum atomic E-state index is 2.49. The van der Waals surface area contributed by atoms with Crippen LogP contribution < -0.4 is 9.41 Å². The molecule has 0 saturated carbocycles. The first-order valence-electron chi connectivity index (χ1n) is 7.31. The van der Waals surface area contributed by atoms with Crippen LogP contribution in [0.4, 0.5) is 0 Å². The maximum Gasteiger partial charge on any atom is -1.00 e. The number of hydrogen-bond donors (Lipinski definition) is 0. The minimum Gasteiger partial charge on any atom is -1.00 e. The van der Waals surface area contributed by atoms with E-state index in [-0.39, 0.29) is 9.41 Å². The Balaban J connectivity index is 0.000000807. The Morgan fingerprint density at radius 3 is 2.57 bits per heavy atom. The van der Waals surface area contributed by atoms with E-state index in [1.165, 1.54) is 19.3 Å². The predicted octanol–water partition coefficient (Wildman–Crippen LogP) is -1.27. The first-order valence-corrected chi connectivity index (χ1v) is 9.96. The van der Waals surface area contributed by atoms with E-state index in [0.717, 1.165) is 15.5 Å². The Labute approximate surface area is 136 Å². The predicted molar refractivity (Wildman–Crippen MR) is 75.6 cm³/mol. The summed E-state index contributed by atoms with van der Waals surface area (Å²) in [6.45, 7) is 0. The molecule has 0 nitrogen and oxygen atoms in total. The minimum absolute atomic E-state index is 0. The molecule has 0 radical (unpaired) electrons. The average molecular weight is 364 g/mol. The molecule has 0 spiro atoms. The van der Waals surface area contributed by atoms with Gasteiger partial charge in [-0.05, 0) is 0 Å². The Hall–Kier alpha value is -0.817. The summed E-state index contributed by atoms with van der Waals surface area (Å²) in [5.74, 6) is 1.64. The third-order valence-corrected chi connectivity index (χ3v) is 9.11. The molecule has 0 aromatic heterocycles. The van der Waals surface area contributed by atoms with Crippen molar-refractivity contribution in [3.8, 4) is 0 Å². The summed E-state index contributed by atoms with van der Waals surface area (Å²) in [7, 11) is 0. The van der Waals surface area contributed by atoms with E-state index < -0.39 is 23.2 Å². The molecular formula is C18H18F2Zr. The number of rotatable bonds is 2. The smallest absolute Gasteiger partial charge is 1.00 e. The molecule has 21 heavy (non-hydrogen) atoms. The van der Waals surface area contributed by atoms with E-state index in [9.17, 15) is 0 Å². The van der Waals surface area contributed by atoms with Crippen molar-refractivity contribution in [2.24, 2.45) is 5.92 Å². The number of halogens is 2. The average Bonchev–Trinajstić information content (AvgIpc) is 3.08. The van der Waals surface area contributed by atoms with Gasteiger partial charge in [-0.15, -0.1) is 0 Å². The fourth-order valence-electron chi connectivity index (χ4n) is 3.83. The standard InChI is InChI=1S/C13H13.C5H5.2FH.Zr/c1-3-7-12-10(5-1)9-11-6-2-4-8-13(11)12;1-2-4-5-3-1;;;/h1,3-5,7-9,11,13H,2,6H2;1-3H,4H2;2*1H;/q;;;;+2/p-2. The summed E-state index contributed by atoms with van der Waals surface area (Å²) in [6, 6.07) is 9.26. The van der Waals surface area contributed by atoms with Crippen LogP contribution >= 0.6 is 0 Å². The molecule has 3 heteroatoms. The quantitative estimate of drug-likeness (QED) is 0.575. The molecule has 0 aliphatic heterocycles. The zero-order chi connectivity index (χ0) is 12.7. The van der Waals surface area contributed by atoms with Crippen molar-refractivity contribution >= 4 is 0 Å². The van der Waals surface area contributed by atoms with E-state index >= 15 is 0 Å². The fraction of sp³-hybridized carbons (Fsp3) is 0.333. The monoisotopic (exact) mass is 362 g/mol. The van der Waals surface area contributed by atoms with Gasteiger partial charge in [0.2, 0.25) is 0 Å². The Morgan fingerprint density at radius 2 is 1.81 bits per heavy atom. The van der Waals surface area contributed by atoms with Gasteiger partial charge in [0.25, 0.3) is 0 Å². The number of allylic oxidation sites excluding steroid dienone is 6. The third kappa shape index (κ3) is 2.90. The first-order chi connectivity index (χ1) is 9.43. The molecule has 0 bridgehead atoms. The fourth-order valence-corrected chi connectivity index (χ4v) is 8.34. The van der Waals surface area contributed by atoms with Crippen molar-refractivity contribution in [1.82, 2.24) is 0 Å². The molecule has 0 fully saturated rings. The van der Waals surface area contributed by atoms with E-state index in [4.69, 9.17) is 0 Å². The second kappa shape index (κ2) is 6.96. The molecule has 0 N–H and O–H groups in total. The summed E-state index contributed by atoms with van der Waals surface area (Å²) in [5, 5.41) is 0. The van der Waals surface area contributed by atoms with Crippen LogP contribution in [0, 0.1) is 5.92 Å². The van der Waals surface area contributed by atoms with Crippen LogP contribution in [-0.2, 0) is 23.2 Å². The van der Waals surface area contributed by atoms with Crippen molar-refractivity contribution < 1.29 is 32.6 Å². The second-order valence-corrected chi connectivity index (χ2v) is 9.59. The molecular weight excluding hydrogens is 345 g/mol. The second-order valence-electron chi connectivity index (χ2n) is 5.77. The molecule has 1 aromatic carbocycles. The SMILES string of the molecule is C1=CC[C]([Zr+2][CH]2c3ccccc3C3C=CCCC32)=C1.[F-].[F-]. The van der Waals surface area contributed by atoms with Gasteiger partial charge in [-0.25, -0.2) is 0 Å². The van der Waals surface area contributed by atoms with Crippen molar-refractivity contribution in [3.63, 3.8) is 0 Å². The molecule has 0 saturated heterocycles. The van der Waals surface area contributed by atoms with Crippen LogP contribution in [0.25, 0.3) is 0 Å². The van der Waals surface area contributed by atoms with Crippen LogP contribution in [0.3, 0.4) is 0 Å². The van der Waals surface area contributed by atoms with E-state index in [2.05, 4.69) is 54.6 Å². The van der Waals surface area contributed by atoms with Crippen molar-refractivity contribution in [2.45, 2.75) is 28.8 Å². The molecule has 3 aliphatic carbocycles. The summed E-state index contributed by atoms with van der Waals surface area (Å²) in [6.07, 6.45) is 15.8. The number of benzene rings is 1. The van der Waals surface area contributed by atoms with Crippen molar-refractivity contribution in [1.29, 1.82) is 0 Å². The first kappa shape index (κ1) is 16.6. The van der Waals surface area contributed by atoms with Gasteiger partial charge in [-0.3, -0.25) is 0 Å². The van der Waals surface area contributed by atoms with Crippen LogP contribution in [0.5, 0.6) is 0 Å². The molecule has 108 valence electrons.